The smallest absolute Gasteiger partial charge is 0.231 e. The van der Waals surface area contributed by atoms with E-state index in [2.05, 4.69) is 0 Å². The molecule has 2 aromatic carbocycles. The van der Waals surface area contributed by atoms with Gasteiger partial charge in [0, 0.05) is 12.6 Å². The van der Waals surface area contributed by atoms with E-state index < -0.39 is 0 Å². The highest BCUT2D eigenvalue weighted by atomic mass is 32.1. The zero-order chi connectivity index (χ0) is 15.4. The summed E-state index contributed by atoms with van der Waals surface area (Å²) in [7, 11) is 1.63. The molecule has 5 heteroatoms. The minimum atomic E-state index is -0.387. The van der Waals surface area contributed by atoms with E-state index >= 15 is 0 Å². The van der Waals surface area contributed by atoms with Gasteiger partial charge in [0.05, 0.1) is 12.1 Å². The summed E-state index contributed by atoms with van der Waals surface area (Å²) in [5.41, 5.74) is 7.26. The van der Waals surface area contributed by atoms with Crippen molar-refractivity contribution in [1.29, 1.82) is 0 Å². The van der Waals surface area contributed by atoms with E-state index in [4.69, 9.17) is 18.0 Å². The summed E-state index contributed by atoms with van der Waals surface area (Å²) in [4.78, 5) is 14.0. The molecule has 0 saturated heterocycles. The summed E-state index contributed by atoms with van der Waals surface area (Å²) in [6.45, 7) is 0. The van der Waals surface area contributed by atoms with Crippen LogP contribution in [0.15, 0.2) is 48.5 Å². The fourth-order valence-corrected chi connectivity index (χ4v) is 2.20. The molecule has 3 nitrogen and oxygen atoms in total. The molecule has 0 radical (unpaired) electrons. The fraction of sp³-hybridized carbons (Fsp3) is 0.125. The lowest BCUT2D eigenvalue weighted by Crippen LogP contribution is -2.30. The molecule has 0 aliphatic heterocycles. The Hall–Kier alpha value is -2.27. The normalized spacial score (nSPS) is 10.2. The van der Waals surface area contributed by atoms with Crippen LogP contribution in [0.2, 0.25) is 0 Å². The first-order chi connectivity index (χ1) is 10.0. The topological polar surface area (TPSA) is 46.3 Å². The van der Waals surface area contributed by atoms with E-state index in [-0.39, 0.29) is 23.1 Å². The summed E-state index contributed by atoms with van der Waals surface area (Å²) in [6, 6.07) is 13.3. The molecule has 2 N–H and O–H groups in total. The molecule has 0 fully saturated rings. The van der Waals surface area contributed by atoms with Crippen LogP contribution in [-0.4, -0.2) is 17.9 Å². The quantitative estimate of drug-likeness (QED) is 0.883. The number of carbonyl (C=O) groups excluding carboxylic acids is 1. The van der Waals surface area contributed by atoms with Crippen LogP contribution in [-0.2, 0) is 11.2 Å². The Morgan fingerprint density at radius 1 is 1.19 bits per heavy atom. The van der Waals surface area contributed by atoms with Crippen LogP contribution in [0.3, 0.4) is 0 Å². The van der Waals surface area contributed by atoms with Crippen molar-refractivity contribution in [2.24, 2.45) is 5.73 Å². The molecule has 0 bridgehead atoms. The lowest BCUT2D eigenvalue weighted by atomic mass is 10.1. The highest BCUT2D eigenvalue weighted by molar-refractivity contribution is 7.80. The van der Waals surface area contributed by atoms with Gasteiger partial charge in [0.2, 0.25) is 5.91 Å². The molecule has 2 aromatic rings. The summed E-state index contributed by atoms with van der Waals surface area (Å²) < 4.78 is 13.6. The van der Waals surface area contributed by atoms with Gasteiger partial charge in [0.25, 0.3) is 0 Å². The van der Waals surface area contributed by atoms with Crippen molar-refractivity contribution in [2.75, 3.05) is 11.9 Å². The number of hydrogen-bond acceptors (Lipinski definition) is 2. The molecule has 0 heterocycles. The number of likely N-dealkylation sites (N-methyl/N-ethyl adjacent to an activating group) is 1. The van der Waals surface area contributed by atoms with Gasteiger partial charge in [-0.1, -0.05) is 42.5 Å². The van der Waals surface area contributed by atoms with Gasteiger partial charge in [0.15, 0.2) is 0 Å². The molecule has 0 aromatic heterocycles. The van der Waals surface area contributed by atoms with Crippen LogP contribution in [0.4, 0.5) is 10.1 Å². The highest BCUT2D eigenvalue weighted by Gasteiger charge is 2.17. The van der Waals surface area contributed by atoms with Crippen LogP contribution < -0.4 is 10.6 Å². The first-order valence-electron chi connectivity index (χ1n) is 6.39. The second-order valence-electron chi connectivity index (χ2n) is 4.60. The number of nitrogens with two attached hydrogens (primary N) is 1. The molecule has 0 aliphatic rings. The maximum absolute atomic E-state index is 13.6. The zero-order valence-electron chi connectivity index (χ0n) is 11.5. The predicted octanol–water partition coefficient (Wildman–Crippen LogP) is 2.67. The Bertz CT molecular complexity index is 687. The number of benzene rings is 2. The van der Waals surface area contributed by atoms with E-state index in [1.807, 2.05) is 0 Å². The number of hydrogen-bond donors (Lipinski definition) is 1. The van der Waals surface area contributed by atoms with Gasteiger partial charge >= 0.3 is 0 Å². The fourth-order valence-electron chi connectivity index (χ4n) is 2.03. The molecule has 0 aliphatic carbocycles. The number of para-hydroxylation sites is 1. The highest BCUT2D eigenvalue weighted by Crippen LogP contribution is 2.20. The zero-order valence-corrected chi connectivity index (χ0v) is 12.4. The Kier molecular flexibility index (Phi) is 4.65. The molecule has 2 rings (SSSR count). The molecular weight excluding hydrogens is 287 g/mol. The number of rotatable bonds is 4. The van der Waals surface area contributed by atoms with Gasteiger partial charge in [-0.25, -0.2) is 4.39 Å². The second-order valence-corrected chi connectivity index (χ2v) is 5.04. The average Bonchev–Trinajstić information content (AvgIpc) is 2.48. The summed E-state index contributed by atoms with van der Waals surface area (Å²) in [5, 5.41) is 0. The van der Waals surface area contributed by atoms with Crippen LogP contribution in [0.25, 0.3) is 0 Å². The minimum absolute atomic E-state index is 0.0190. The summed E-state index contributed by atoms with van der Waals surface area (Å²) >= 11 is 4.99. The largest absolute Gasteiger partial charge is 0.389 e. The Balaban J connectivity index is 2.24. The first kappa shape index (κ1) is 15.1. The average molecular weight is 302 g/mol. The van der Waals surface area contributed by atoms with Gasteiger partial charge in [0.1, 0.15) is 10.8 Å². The maximum atomic E-state index is 13.6. The summed E-state index contributed by atoms with van der Waals surface area (Å²) in [5.74, 6) is -0.620. The molecular formula is C16H15FN2OS. The second kappa shape index (κ2) is 6.45. The third-order valence-electron chi connectivity index (χ3n) is 3.20. The van der Waals surface area contributed by atoms with Crippen molar-refractivity contribution >= 4 is 28.8 Å². The third-order valence-corrected chi connectivity index (χ3v) is 3.42. The van der Waals surface area contributed by atoms with E-state index in [1.165, 1.54) is 11.0 Å². The Morgan fingerprint density at radius 2 is 1.81 bits per heavy atom. The van der Waals surface area contributed by atoms with E-state index in [1.54, 1.807) is 49.5 Å². The van der Waals surface area contributed by atoms with Crippen LogP contribution >= 0.6 is 12.2 Å². The van der Waals surface area contributed by atoms with Gasteiger partial charge in [-0.15, -0.1) is 0 Å². The van der Waals surface area contributed by atoms with Crippen molar-refractivity contribution in [3.63, 3.8) is 0 Å². The molecule has 21 heavy (non-hydrogen) atoms. The standard InChI is InChI=1S/C16H15FN2OS/c1-19(14-9-5-3-7-12(14)16(18)21)15(20)10-11-6-2-4-8-13(11)17/h2-9H,10H2,1H3,(H2,18,21). The lowest BCUT2D eigenvalue weighted by Gasteiger charge is -2.20. The van der Waals surface area contributed by atoms with Crippen molar-refractivity contribution in [1.82, 2.24) is 0 Å². The molecule has 0 unspecified atom stereocenters. The van der Waals surface area contributed by atoms with Gasteiger partial charge in [-0.05, 0) is 23.8 Å². The molecule has 0 spiro atoms. The number of carbonyl (C=O) groups is 1. The van der Waals surface area contributed by atoms with Gasteiger partial charge < -0.3 is 10.6 Å². The maximum Gasteiger partial charge on any atom is 0.231 e. The number of nitrogens with zero attached hydrogens (tertiary/aromatic N) is 1. The Labute approximate surface area is 128 Å². The van der Waals surface area contributed by atoms with Crippen LogP contribution in [0.5, 0.6) is 0 Å². The monoisotopic (exact) mass is 302 g/mol. The minimum Gasteiger partial charge on any atom is -0.389 e. The van der Waals surface area contributed by atoms with E-state index in [0.717, 1.165) is 0 Å². The third kappa shape index (κ3) is 3.44. The summed E-state index contributed by atoms with van der Waals surface area (Å²) in [6.07, 6.45) is -0.0190. The molecule has 0 atom stereocenters. The molecule has 1 amide bonds. The van der Waals surface area contributed by atoms with Crippen molar-refractivity contribution in [3.8, 4) is 0 Å². The van der Waals surface area contributed by atoms with Crippen LogP contribution in [0, 0.1) is 5.82 Å². The van der Waals surface area contributed by atoms with Crippen molar-refractivity contribution in [2.45, 2.75) is 6.42 Å². The lowest BCUT2D eigenvalue weighted by molar-refractivity contribution is -0.117. The number of thiocarbonyl (C=S) groups is 1. The SMILES string of the molecule is CN(C(=O)Cc1ccccc1F)c1ccccc1C(N)=S. The number of amides is 1. The Morgan fingerprint density at radius 3 is 2.48 bits per heavy atom. The first-order valence-corrected chi connectivity index (χ1v) is 6.80. The molecule has 0 saturated carbocycles. The van der Waals surface area contributed by atoms with Gasteiger partial charge in [-0.3, -0.25) is 4.79 Å². The predicted molar refractivity (Wildman–Crippen MR) is 85.8 cm³/mol. The van der Waals surface area contributed by atoms with Crippen molar-refractivity contribution in [3.05, 3.63) is 65.5 Å². The van der Waals surface area contributed by atoms with E-state index in [9.17, 15) is 9.18 Å². The number of halogens is 1. The van der Waals surface area contributed by atoms with Gasteiger partial charge in [-0.2, -0.15) is 0 Å². The molecule has 108 valence electrons. The van der Waals surface area contributed by atoms with Crippen molar-refractivity contribution < 1.29 is 9.18 Å². The van der Waals surface area contributed by atoms with E-state index in [0.29, 0.717) is 16.8 Å². The number of anilines is 1. The van der Waals surface area contributed by atoms with Crippen LogP contribution in [0.1, 0.15) is 11.1 Å².